The van der Waals surface area contributed by atoms with Gasteiger partial charge in [-0.1, -0.05) is 56.9 Å². The zero-order chi connectivity index (χ0) is 89.3. The topological polar surface area (TPSA) is 358 Å². The maximum atomic E-state index is 12.3. The third kappa shape index (κ3) is 26.2. The molecule has 0 unspecified atom stereocenters. The van der Waals surface area contributed by atoms with Gasteiger partial charge < -0.3 is 59.3 Å². The van der Waals surface area contributed by atoms with Gasteiger partial charge in [-0.2, -0.15) is 0 Å². The van der Waals surface area contributed by atoms with E-state index in [2.05, 4.69) is 156 Å². The minimum absolute atomic E-state index is 0.0144. The van der Waals surface area contributed by atoms with Crippen molar-refractivity contribution < 1.29 is 65.4 Å². The summed E-state index contributed by atoms with van der Waals surface area (Å²) in [4.78, 5) is 107. The number of amides is 4. The molecule has 15 heterocycles. The highest BCUT2D eigenvalue weighted by atomic mass is 79.9. The molecule has 1 aliphatic heterocycles. The van der Waals surface area contributed by atoms with E-state index in [4.69, 9.17) is 40.5 Å². The molecule has 0 saturated carbocycles. The van der Waals surface area contributed by atoms with Gasteiger partial charge in [-0.15, -0.1) is 0 Å². The lowest BCUT2D eigenvalue weighted by molar-refractivity contribution is 0.00578. The van der Waals surface area contributed by atoms with E-state index in [1.807, 2.05) is 101 Å². The summed E-state index contributed by atoms with van der Waals surface area (Å²) in [7, 11) is -2.76. The standard InChI is InChI=1S/C24H28FN5O2Si.C18H14FN5O.C16H20ClN3OSi.C14H20BFN2O3.C8H8BrFN2O.C6H4BrNO2/c1-33(2,3)13-12-32-16-30-22-8-10-26-15-19(22)18-5-7-20(29-23(18)30)17-4-6-21(28-14-17)24(31)27-11-9-25;19-6-8-21-18(25)16-3-1-11(9-22-16)14-4-2-12-13-10-20-7-5-15(13)24-17(12)23-14;1-22(2,3)9-8-21-11-20-14-6-7-18-10-13(14)12-4-5-15(17)19-16(12)20;1-13(2)14(3,4)21-15(20-13)10-5-6-11(18-9-10)12(19)17-8-7-16;9-6-1-2-7(12-5-6)8(13)11-4-3-10;7-4-1-2-5(6(9)10)8-3-4/h4-8,10,14-15H,9,11-13,16H2,1-3H3,(H,27,31);1-5,7,9-10H,6,8H2,(H,21,25)(H,23,24);4-7,10H,8-9,11H2,1-3H3;5-6,9H,7-8H2,1-4H3,(H,17,19);1-2,5H,3-4H2,(H,11,13);1-3H,(H,9,10). The second-order valence-corrected chi connectivity index (χ2v) is 44.7. The predicted octanol–water partition coefficient (Wildman–Crippen LogP) is 16.2. The Morgan fingerprint density at radius 3 is 1.27 bits per heavy atom. The minimum atomic E-state index is -1.17. The number of carboxylic acids is 1. The molecule has 0 radical (unpaired) electrons. The monoisotopic (exact) mass is 1870 g/mol. The zero-order valence-electron chi connectivity index (χ0n) is 69.9. The normalized spacial score (nSPS) is 12.7. The minimum Gasteiger partial charge on any atom is -0.477 e. The van der Waals surface area contributed by atoms with Crippen molar-refractivity contribution in [1.29, 1.82) is 0 Å². The molecule has 0 aromatic carbocycles. The first-order chi connectivity index (χ1) is 59.3. The first kappa shape index (κ1) is 94.9. The molecule has 14 aromatic rings. The molecule has 28 nitrogen and oxygen atoms in total. The molecule has 38 heteroatoms. The number of nitrogens with zero attached hydrogens (tertiary/aromatic N) is 13. The molecule has 4 amide bonds. The van der Waals surface area contributed by atoms with Crippen LogP contribution in [0.25, 0.3) is 88.3 Å². The Balaban J connectivity index is 0.000000161. The fourth-order valence-electron chi connectivity index (χ4n) is 11.9. The number of carbonyl (C=O) groups excluding carboxylic acids is 4. The molecular formula is C86H94BBr2ClF4N18O10Si2. The van der Waals surface area contributed by atoms with Crippen molar-refractivity contribution in [2.24, 2.45) is 0 Å². The van der Waals surface area contributed by atoms with Crippen molar-refractivity contribution >= 4 is 168 Å². The summed E-state index contributed by atoms with van der Waals surface area (Å²) in [6, 6.07) is 36.2. The van der Waals surface area contributed by atoms with Crippen molar-refractivity contribution in [3.05, 3.63) is 226 Å². The van der Waals surface area contributed by atoms with Crippen LogP contribution in [0.1, 0.15) is 80.1 Å². The Morgan fingerprint density at radius 1 is 0.468 bits per heavy atom. The predicted molar refractivity (Wildman–Crippen MR) is 485 cm³/mol. The fourth-order valence-corrected chi connectivity index (χ4v) is 14.0. The third-order valence-corrected chi connectivity index (χ3v) is 23.8. The van der Waals surface area contributed by atoms with Crippen LogP contribution in [0.5, 0.6) is 0 Å². The number of aromatic amines is 1. The van der Waals surface area contributed by atoms with Gasteiger partial charge in [-0.25, -0.2) is 47.3 Å². The van der Waals surface area contributed by atoms with E-state index in [1.165, 1.54) is 18.5 Å². The van der Waals surface area contributed by atoms with Gasteiger partial charge in [0, 0.05) is 182 Å². The molecule has 1 saturated heterocycles. The summed E-state index contributed by atoms with van der Waals surface area (Å²) in [5.74, 6) is -2.55. The Morgan fingerprint density at radius 2 is 0.863 bits per heavy atom. The molecule has 14 aromatic heterocycles. The Bertz CT molecular complexity index is 5950. The zero-order valence-corrected chi connectivity index (χ0v) is 75.8. The van der Waals surface area contributed by atoms with E-state index in [1.54, 1.807) is 91.8 Å². The van der Waals surface area contributed by atoms with Gasteiger partial charge in [0.1, 0.15) is 90.7 Å². The summed E-state index contributed by atoms with van der Waals surface area (Å²) in [5.41, 5.74) is 9.55. The number of alkyl halides is 4. The lowest BCUT2D eigenvalue weighted by Crippen LogP contribution is -2.41. The number of fused-ring (bicyclic) bond motifs is 9. The molecular weight excluding hydrogens is 1780 g/mol. The molecule has 15 rings (SSSR count). The van der Waals surface area contributed by atoms with Crippen LogP contribution in [0.3, 0.4) is 0 Å². The number of carboxylic acid groups (broad SMARTS) is 1. The number of aromatic nitrogens is 14. The number of nitrogens with one attached hydrogen (secondary N) is 5. The van der Waals surface area contributed by atoms with Gasteiger partial charge >= 0.3 is 13.1 Å². The first-order valence-electron chi connectivity index (χ1n) is 39.4. The highest BCUT2D eigenvalue weighted by molar-refractivity contribution is 9.10. The molecule has 124 heavy (non-hydrogen) atoms. The second-order valence-electron chi connectivity index (χ2n) is 31.3. The van der Waals surface area contributed by atoms with Crippen molar-refractivity contribution in [1.82, 2.24) is 90.2 Å². The largest absolute Gasteiger partial charge is 0.496 e. The number of hydrogen-bond donors (Lipinski definition) is 6. The number of aromatic carboxylic acids is 1. The number of pyridine rings is 11. The van der Waals surface area contributed by atoms with Crippen molar-refractivity contribution in [3.8, 4) is 22.5 Å². The average molecular weight is 1880 g/mol. The van der Waals surface area contributed by atoms with Gasteiger partial charge in [0.25, 0.3) is 23.6 Å². The van der Waals surface area contributed by atoms with Gasteiger partial charge in [0.05, 0.1) is 39.1 Å². The number of hydrogen-bond acceptors (Lipinski definition) is 20. The molecule has 0 atom stereocenters. The number of rotatable bonds is 26. The van der Waals surface area contributed by atoms with E-state index in [0.29, 0.717) is 18.6 Å². The molecule has 1 fully saturated rings. The van der Waals surface area contributed by atoms with Crippen LogP contribution in [0.15, 0.2) is 192 Å². The summed E-state index contributed by atoms with van der Waals surface area (Å²) < 4.78 is 77.6. The SMILES string of the molecule is CC1(C)OB(c2ccc(C(=O)NCCF)nc2)OC1(C)C.C[Si](C)(C)CCOCn1c2ccncc2c2ccc(-c3ccc(C(=O)NCCF)nc3)nc21.C[Si](C)(C)CCOCn1c2ccncc2c2ccc(Cl)nc21.O=C(NCCF)c1ccc(-c2ccc3c(n2)[nH]c2ccncc23)cn1.O=C(NCCF)c1ccc(Br)cn1.O=C(O)c1ccc(Br)cn1. The fraction of sp³-hybridized carbons (Fsp3) is 0.302. The summed E-state index contributed by atoms with van der Waals surface area (Å²) in [6.07, 6.45) is 18.5. The number of halogens is 7. The third-order valence-electron chi connectivity index (χ3n) is 19.2. The number of H-pyrrole nitrogens is 1. The Labute approximate surface area is 736 Å². The summed E-state index contributed by atoms with van der Waals surface area (Å²) >= 11 is 12.4. The van der Waals surface area contributed by atoms with Crippen molar-refractivity contribution in [2.75, 3.05) is 66.1 Å². The lowest BCUT2D eigenvalue weighted by atomic mass is 9.80. The van der Waals surface area contributed by atoms with E-state index >= 15 is 0 Å². The lowest BCUT2D eigenvalue weighted by Gasteiger charge is -2.32. The van der Waals surface area contributed by atoms with Crippen LogP contribution in [0, 0.1) is 0 Å². The molecule has 1 aliphatic rings. The van der Waals surface area contributed by atoms with Gasteiger partial charge in [-0.05, 0) is 181 Å². The second kappa shape index (κ2) is 44.3. The van der Waals surface area contributed by atoms with E-state index < -0.39 is 84.9 Å². The van der Waals surface area contributed by atoms with Crippen LogP contribution < -0.4 is 26.7 Å². The van der Waals surface area contributed by atoms with E-state index in [9.17, 15) is 41.5 Å². The van der Waals surface area contributed by atoms with E-state index in [0.717, 1.165) is 128 Å². The number of carbonyl (C=O) groups is 5. The molecule has 648 valence electrons. The van der Waals surface area contributed by atoms with Crippen LogP contribution in [-0.4, -0.2) is 204 Å². The molecule has 6 N–H and O–H groups in total. The van der Waals surface area contributed by atoms with Crippen molar-refractivity contribution in [3.63, 3.8) is 0 Å². The molecule has 0 spiro atoms. The van der Waals surface area contributed by atoms with Crippen LogP contribution in [0.2, 0.25) is 56.5 Å². The van der Waals surface area contributed by atoms with Crippen molar-refractivity contribution in [2.45, 2.75) is 104 Å². The average Bonchev–Trinajstić information content (AvgIpc) is 1.62. The maximum absolute atomic E-state index is 12.3. The van der Waals surface area contributed by atoms with Crippen LogP contribution >= 0.6 is 43.5 Å². The first-order valence-corrected chi connectivity index (χ1v) is 48.7. The van der Waals surface area contributed by atoms with Gasteiger partial charge in [0.2, 0.25) is 0 Å². The van der Waals surface area contributed by atoms with Crippen LogP contribution in [-0.2, 0) is 32.2 Å². The summed E-state index contributed by atoms with van der Waals surface area (Å²) in [5, 5.41) is 24.8. The highest BCUT2D eigenvalue weighted by Crippen LogP contribution is 2.37. The van der Waals surface area contributed by atoms with Gasteiger partial charge in [-0.3, -0.25) is 49.1 Å². The Kier molecular flexibility index (Phi) is 34.0. The maximum Gasteiger partial charge on any atom is 0.496 e. The van der Waals surface area contributed by atoms with Crippen LogP contribution in [0.4, 0.5) is 17.6 Å². The van der Waals surface area contributed by atoms with Gasteiger partial charge in [0.15, 0.2) is 0 Å². The Hall–Kier alpha value is -11.3. The quantitative estimate of drug-likeness (QED) is 0.0127. The summed E-state index contributed by atoms with van der Waals surface area (Å²) in [6.45, 7) is 21.9. The number of ether oxygens (including phenoxy) is 2. The molecule has 0 bridgehead atoms. The van der Waals surface area contributed by atoms with E-state index in [-0.39, 0.29) is 60.6 Å². The molecule has 0 aliphatic carbocycles. The smallest absolute Gasteiger partial charge is 0.477 e. The highest BCUT2D eigenvalue weighted by Gasteiger charge is 2.52.